The molecular formula is C23H31N3OS. The number of thiophene rings is 1. The molecule has 1 amide bonds. The molecule has 0 unspecified atom stereocenters. The van der Waals surface area contributed by atoms with Gasteiger partial charge in [-0.05, 0) is 74.8 Å². The maximum atomic E-state index is 12.6. The molecule has 150 valence electrons. The van der Waals surface area contributed by atoms with Crippen LogP contribution >= 0.6 is 11.3 Å². The van der Waals surface area contributed by atoms with Crippen LogP contribution in [0.2, 0.25) is 0 Å². The van der Waals surface area contributed by atoms with Gasteiger partial charge in [-0.2, -0.15) is 0 Å². The molecule has 3 heterocycles. The van der Waals surface area contributed by atoms with E-state index in [1.54, 1.807) is 0 Å². The van der Waals surface area contributed by atoms with Crippen LogP contribution in [0.1, 0.15) is 52.0 Å². The average Bonchev–Trinajstić information content (AvgIpc) is 3.39. The average molecular weight is 398 g/mol. The number of nitrogens with one attached hydrogen (secondary N) is 1. The molecule has 0 atom stereocenters. The molecule has 1 aromatic carbocycles. The largest absolute Gasteiger partial charge is 0.339 e. The van der Waals surface area contributed by atoms with Crippen molar-refractivity contribution in [2.24, 2.45) is 0 Å². The molecule has 1 aromatic heterocycles. The Kier molecular flexibility index (Phi) is 6.45. The Bertz CT molecular complexity index is 771. The SMILES string of the molecule is Cc1ccc(C(=O)N2CCC(NCc3cc(CN4CCCC4)cs3)CC2)cc1. The predicted octanol–water partition coefficient (Wildman–Crippen LogP) is 4.05. The molecule has 4 rings (SSSR count). The lowest BCUT2D eigenvalue weighted by atomic mass is 10.0. The van der Waals surface area contributed by atoms with E-state index in [0.717, 1.165) is 44.6 Å². The summed E-state index contributed by atoms with van der Waals surface area (Å²) >= 11 is 1.87. The minimum Gasteiger partial charge on any atom is -0.339 e. The van der Waals surface area contributed by atoms with Gasteiger partial charge < -0.3 is 10.2 Å². The molecule has 4 nitrogen and oxygen atoms in total. The van der Waals surface area contributed by atoms with Gasteiger partial charge >= 0.3 is 0 Å². The van der Waals surface area contributed by atoms with Crippen molar-refractivity contribution in [1.29, 1.82) is 0 Å². The lowest BCUT2D eigenvalue weighted by molar-refractivity contribution is 0.0705. The zero-order valence-electron chi connectivity index (χ0n) is 16.8. The summed E-state index contributed by atoms with van der Waals surface area (Å²) in [4.78, 5) is 18.6. The predicted molar refractivity (Wildman–Crippen MR) is 116 cm³/mol. The van der Waals surface area contributed by atoms with Crippen LogP contribution in [0.15, 0.2) is 35.7 Å². The molecule has 1 N–H and O–H groups in total. The van der Waals surface area contributed by atoms with Crippen molar-refractivity contribution < 1.29 is 4.79 Å². The second kappa shape index (κ2) is 9.21. The lowest BCUT2D eigenvalue weighted by Gasteiger charge is -2.32. The van der Waals surface area contributed by atoms with E-state index in [0.29, 0.717) is 6.04 Å². The second-order valence-corrected chi connectivity index (χ2v) is 9.21. The van der Waals surface area contributed by atoms with Crippen LogP contribution in [0.3, 0.4) is 0 Å². The number of aryl methyl sites for hydroxylation is 1. The summed E-state index contributed by atoms with van der Waals surface area (Å²) in [6.07, 6.45) is 4.76. The van der Waals surface area contributed by atoms with Gasteiger partial charge in [0, 0.05) is 42.7 Å². The molecule has 0 radical (unpaired) electrons. The van der Waals surface area contributed by atoms with Gasteiger partial charge in [-0.1, -0.05) is 17.7 Å². The van der Waals surface area contributed by atoms with E-state index in [9.17, 15) is 4.79 Å². The normalized spacial score (nSPS) is 18.7. The molecule has 2 fully saturated rings. The van der Waals surface area contributed by atoms with Crippen molar-refractivity contribution in [2.45, 2.75) is 51.7 Å². The number of carbonyl (C=O) groups is 1. The van der Waals surface area contributed by atoms with E-state index in [-0.39, 0.29) is 5.91 Å². The van der Waals surface area contributed by atoms with Gasteiger partial charge in [0.05, 0.1) is 0 Å². The highest BCUT2D eigenvalue weighted by Gasteiger charge is 2.23. The van der Waals surface area contributed by atoms with Crippen LogP contribution in [-0.4, -0.2) is 47.9 Å². The number of amides is 1. The highest BCUT2D eigenvalue weighted by atomic mass is 32.1. The van der Waals surface area contributed by atoms with Crippen LogP contribution in [-0.2, 0) is 13.1 Å². The molecule has 0 bridgehead atoms. The minimum absolute atomic E-state index is 0.170. The van der Waals surface area contributed by atoms with Gasteiger partial charge in [-0.3, -0.25) is 9.69 Å². The molecule has 2 saturated heterocycles. The Morgan fingerprint density at radius 1 is 1.11 bits per heavy atom. The van der Waals surface area contributed by atoms with E-state index in [4.69, 9.17) is 0 Å². The van der Waals surface area contributed by atoms with E-state index in [1.165, 1.54) is 41.9 Å². The third-order valence-electron chi connectivity index (χ3n) is 5.96. The summed E-state index contributed by atoms with van der Waals surface area (Å²) in [6, 6.07) is 10.8. The maximum absolute atomic E-state index is 12.6. The quantitative estimate of drug-likeness (QED) is 0.799. The molecule has 2 aliphatic rings. The summed E-state index contributed by atoms with van der Waals surface area (Å²) < 4.78 is 0. The van der Waals surface area contributed by atoms with E-state index in [2.05, 4.69) is 21.7 Å². The number of rotatable bonds is 6. The van der Waals surface area contributed by atoms with Gasteiger partial charge in [-0.25, -0.2) is 0 Å². The number of likely N-dealkylation sites (tertiary alicyclic amines) is 2. The third-order valence-corrected chi connectivity index (χ3v) is 6.94. The summed E-state index contributed by atoms with van der Waals surface area (Å²) in [6.45, 7) is 8.29. The van der Waals surface area contributed by atoms with Gasteiger partial charge in [0.15, 0.2) is 0 Å². The molecule has 0 aliphatic carbocycles. The minimum atomic E-state index is 0.170. The van der Waals surface area contributed by atoms with Crippen molar-refractivity contribution >= 4 is 17.2 Å². The van der Waals surface area contributed by atoms with Gasteiger partial charge in [0.2, 0.25) is 0 Å². The van der Waals surface area contributed by atoms with Crippen LogP contribution in [0.25, 0.3) is 0 Å². The molecular weight excluding hydrogens is 366 g/mol. The van der Waals surface area contributed by atoms with Crippen molar-refractivity contribution in [2.75, 3.05) is 26.2 Å². The Labute approximate surface area is 172 Å². The van der Waals surface area contributed by atoms with Crippen molar-refractivity contribution in [3.05, 3.63) is 57.3 Å². The number of carbonyl (C=O) groups excluding carboxylic acids is 1. The number of benzene rings is 1. The number of hydrogen-bond acceptors (Lipinski definition) is 4. The van der Waals surface area contributed by atoms with E-state index in [1.807, 2.05) is 47.4 Å². The fraction of sp³-hybridized carbons (Fsp3) is 0.522. The van der Waals surface area contributed by atoms with Gasteiger partial charge in [0.25, 0.3) is 5.91 Å². The first-order chi connectivity index (χ1) is 13.7. The van der Waals surface area contributed by atoms with Crippen molar-refractivity contribution in [3.8, 4) is 0 Å². The van der Waals surface area contributed by atoms with Crippen LogP contribution in [0, 0.1) is 6.92 Å². The number of hydrogen-bond donors (Lipinski definition) is 1. The van der Waals surface area contributed by atoms with Crippen LogP contribution < -0.4 is 5.32 Å². The summed E-state index contributed by atoms with van der Waals surface area (Å²) in [5.41, 5.74) is 3.46. The van der Waals surface area contributed by atoms with Crippen LogP contribution in [0.4, 0.5) is 0 Å². The van der Waals surface area contributed by atoms with E-state index >= 15 is 0 Å². The monoisotopic (exact) mass is 397 g/mol. The summed E-state index contributed by atoms with van der Waals surface area (Å²) in [7, 11) is 0. The molecule has 0 saturated carbocycles. The zero-order chi connectivity index (χ0) is 19.3. The standard InChI is InChI=1S/C23H31N3OS/c1-18-4-6-20(7-5-18)23(27)26-12-8-21(9-13-26)24-15-22-14-19(17-28-22)16-25-10-2-3-11-25/h4-7,14,17,21,24H,2-3,8-13,15-16H2,1H3. The highest BCUT2D eigenvalue weighted by molar-refractivity contribution is 7.10. The van der Waals surface area contributed by atoms with E-state index < -0.39 is 0 Å². The number of piperidine rings is 1. The molecule has 0 spiro atoms. The first-order valence-corrected chi connectivity index (χ1v) is 11.4. The van der Waals surface area contributed by atoms with Gasteiger partial charge in [-0.15, -0.1) is 11.3 Å². The lowest BCUT2D eigenvalue weighted by Crippen LogP contribution is -2.44. The first-order valence-electron chi connectivity index (χ1n) is 10.6. The molecule has 28 heavy (non-hydrogen) atoms. The zero-order valence-corrected chi connectivity index (χ0v) is 17.6. The summed E-state index contributed by atoms with van der Waals surface area (Å²) in [5, 5.41) is 6.03. The second-order valence-electron chi connectivity index (χ2n) is 8.22. The first kappa shape index (κ1) is 19.6. The smallest absolute Gasteiger partial charge is 0.253 e. The number of nitrogens with zero attached hydrogens (tertiary/aromatic N) is 2. The Balaban J connectivity index is 1.21. The Morgan fingerprint density at radius 3 is 2.54 bits per heavy atom. The van der Waals surface area contributed by atoms with Crippen molar-refractivity contribution in [1.82, 2.24) is 15.1 Å². The van der Waals surface area contributed by atoms with Crippen LogP contribution in [0.5, 0.6) is 0 Å². The molecule has 5 heteroatoms. The summed E-state index contributed by atoms with van der Waals surface area (Å²) in [5.74, 6) is 0.170. The topological polar surface area (TPSA) is 35.6 Å². The Hall–Kier alpha value is -1.69. The molecule has 2 aromatic rings. The fourth-order valence-electron chi connectivity index (χ4n) is 4.21. The maximum Gasteiger partial charge on any atom is 0.253 e. The Morgan fingerprint density at radius 2 is 1.82 bits per heavy atom. The fourth-order valence-corrected chi connectivity index (χ4v) is 5.04. The highest BCUT2D eigenvalue weighted by Crippen LogP contribution is 2.20. The molecule has 2 aliphatic heterocycles. The third kappa shape index (κ3) is 5.02. The van der Waals surface area contributed by atoms with Gasteiger partial charge in [0.1, 0.15) is 0 Å². The van der Waals surface area contributed by atoms with Crippen molar-refractivity contribution in [3.63, 3.8) is 0 Å².